The third-order valence-electron chi connectivity index (χ3n) is 6.66. The van der Waals surface area contributed by atoms with E-state index in [0.717, 1.165) is 17.7 Å². The van der Waals surface area contributed by atoms with Crippen molar-refractivity contribution in [2.24, 2.45) is 0 Å². The summed E-state index contributed by atoms with van der Waals surface area (Å²) in [6, 6.07) is 19.0. The molecule has 11 heteroatoms. The number of urea groups is 1. The molecule has 8 nitrogen and oxygen atoms in total. The summed E-state index contributed by atoms with van der Waals surface area (Å²) < 4.78 is 0. The van der Waals surface area contributed by atoms with Crippen LogP contribution >= 0.6 is 34.8 Å². The molecule has 3 N–H and O–H groups in total. The van der Waals surface area contributed by atoms with Gasteiger partial charge in [-0.05, 0) is 67.4 Å². The van der Waals surface area contributed by atoms with Crippen LogP contribution in [0.2, 0.25) is 10.0 Å². The van der Waals surface area contributed by atoms with Gasteiger partial charge in [0.15, 0.2) is 0 Å². The normalized spacial score (nSPS) is 14.1. The molecule has 1 unspecified atom stereocenters. The molecule has 3 aromatic rings. The lowest BCUT2D eigenvalue weighted by atomic mass is 10.1. The Morgan fingerprint density at radius 3 is 2.34 bits per heavy atom. The van der Waals surface area contributed by atoms with Crippen LogP contribution in [0.25, 0.3) is 0 Å². The van der Waals surface area contributed by atoms with Crippen molar-refractivity contribution in [1.82, 2.24) is 15.5 Å². The van der Waals surface area contributed by atoms with Crippen LogP contribution in [0.15, 0.2) is 66.7 Å². The van der Waals surface area contributed by atoms with E-state index >= 15 is 0 Å². The van der Waals surface area contributed by atoms with Gasteiger partial charge in [-0.25, -0.2) is 4.79 Å². The number of carbonyl (C=O) groups is 3. The monoisotopic (exact) mass is 615 g/mol. The SMILES string of the molecule is CCNC(=O)N1CCCN(c2ccc(C(=O)NC(Cl)Cc3ccc(Cl)cc3)cc2NC(=O)c2cccc(Cl)c2)CC1. The summed E-state index contributed by atoms with van der Waals surface area (Å²) in [5.41, 5.74) is 2.23. The molecule has 0 aromatic heterocycles. The van der Waals surface area contributed by atoms with E-state index in [1.165, 1.54) is 0 Å². The molecule has 1 atom stereocenters. The third-order valence-corrected chi connectivity index (χ3v) is 7.41. The largest absolute Gasteiger partial charge is 0.368 e. The molecule has 4 amide bonds. The van der Waals surface area contributed by atoms with Crippen molar-refractivity contribution < 1.29 is 14.4 Å². The average Bonchev–Trinajstić information content (AvgIpc) is 3.21. The molecule has 1 saturated heterocycles. The lowest BCUT2D eigenvalue weighted by molar-refractivity contribution is 0.0947. The van der Waals surface area contributed by atoms with Crippen molar-refractivity contribution in [2.45, 2.75) is 25.3 Å². The van der Waals surface area contributed by atoms with Crippen LogP contribution in [-0.2, 0) is 6.42 Å². The Labute approximate surface area is 254 Å². The summed E-state index contributed by atoms with van der Waals surface area (Å²) in [7, 11) is 0. The maximum absolute atomic E-state index is 13.2. The number of carbonyl (C=O) groups excluding carboxylic acids is 3. The molecule has 1 aliphatic heterocycles. The molecule has 0 radical (unpaired) electrons. The van der Waals surface area contributed by atoms with Crippen molar-refractivity contribution >= 4 is 64.0 Å². The molecule has 1 heterocycles. The minimum atomic E-state index is -0.654. The van der Waals surface area contributed by atoms with Crippen molar-refractivity contribution in [3.8, 4) is 0 Å². The van der Waals surface area contributed by atoms with Gasteiger partial charge in [0, 0.05) is 60.3 Å². The second kappa shape index (κ2) is 14.4. The fraction of sp³-hybridized carbons (Fsp3) is 0.300. The number of hydrogen-bond acceptors (Lipinski definition) is 4. The fourth-order valence-electron chi connectivity index (χ4n) is 4.61. The van der Waals surface area contributed by atoms with Gasteiger partial charge in [0.05, 0.1) is 11.4 Å². The average molecular weight is 617 g/mol. The van der Waals surface area contributed by atoms with Crippen LogP contribution < -0.4 is 20.9 Å². The highest BCUT2D eigenvalue weighted by atomic mass is 35.5. The Morgan fingerprint density at radius 2 is 1.61 bits per heavy atom. The first kappa shape index (κ1) is 30.5. The van der Waals surface area contributed by atoms with Crippen LogP contribution in [0, 0.1) is 0 Å². The quantitative estimate of drug-likeness (QED) is 0.213. The van der Waals surface area contributed by atoms with E-state index < -0.39 is 5.50 Å². The molecule has 0 saturated carbocycles. The van der Waals surface area contributed by atoms with E-state index in [4.69, 9.17) is 34.8 Å². The van der Waals surface area contributed by atoms with Crippen LogP contribution in [0.1, 0.15) is 39.6 Å². The Bertz CT molecular complexity index is 1390. The number of nitrogens with zero attached hydrogens (tertiary/aromatic N) is 2. The summed E-state index contributed by atoms with van der Waals surface area (Å²) >= 11 is 18.5. The van der Waals surface area contributed by atoms with E-state index in [9.17, 15) is 14.4 Å². The van der Waals surface area contributed by atoms with Crippen molar-refractivity contribution in [3.05, 3.63) is 93.5 Å². The number of nitrogens with one attached hydrogen (secondary N) is 3. The van der Waals surface area contributed by atoms with Gasteiger partial charge in [-0.15, -0.1) is 0 Å². The number of anilines is 2. The molecule has 216 valence electrons. The van der Waals surface area contributed by atoms with Crippen molar-refractivity contribution in [1.29, 1.82) is 0 Å². The standard InChI is InChI=1S/C30H32Cl3N5O3/c1-2-34-30(41)38-14-4-13-37(15-16-38)26-12-9-22(19-25(26)35-28(39)21-5-3-6-24(32)18-21)29(40)36-27(33)17-20-7-10-23(31)11-8-20/h3,5-12,18-19,27H,2,4,13-17H2,1H3,(H,34,41)(H,35,39)(H,36,40). The van der Waals surface area contributed by atoms with Crippen LogP contribution in [0.4, 0.5) is 16.2 Å². The number of rotatable bonds is 8. The second-order valence-electron chi connectivity index (χ2n) is 9.63. The molecule has 3 aromatic carbocycles. The number of benzene rings is 3. The first-order valence-corrected chi connectivity index (χ1v) is 14.6. The molecular formula is C30H32Cl3N5O3. The zero-order valence-electron chi connectivity index (χ0n) is 22.6. The van der Waals surface area contributed by atoms with Gasteiger partial charge in [-0.3, -0.25) is 9.59 Å². The maximum Gasteiger partial charge on any atom is 0.317 e. The van der Waals surface area contributed by atoms with E-state index in [-0.39, 0.29) is 17.8 Å². The van der Waals surface area contributed by atoms with E-state index in [1.807, 2.05) is 25.1 Å². The number of amides is 4. The molecule has 4 rings (SSSR count). The molecule has 0 bridgehead atoms. The number of alkyl halides is 1. The Morgan fingerprint density at radius 1 is 0.854 bits per heavy atom. The minimum absolute atomic E-state index is 0.0925. The van der Waals surface area contributed by atoms with Crippen LogP contribution in [0.3, 0.4) is 0 Å². The minimum Gasteiger partial charge on any atom is -0.368 e. The van der Waals surface area contributed by atoms with Crippen molar-refractivity contribution in [2.75, 3.05) is 42.9 Å². The highest BCUT2D eigenvalue weighted by Crippen LogP contribution is 2.29. The van der Waals surface area contributed by atoms with Gasteiger partial charge in [0.25, 0.3) is 11.8 Å². The third kappa shape index (κ3) is 8.52. The lowest BCUT2D eigenvalue weighted by Crippen LogP contribution is -2.42. The fourth-order valence-corrected chi connectivity index (χ4v) is 5.20. The lowest BCUT2D eigenvalue weighted by Gasteiger charge is -2.26. The Hall–Kier alpha value is -3.46. The summed E-state index contributed by atoms with van der Waals surface area (Å²) in [6.07, 6.45) is 1.16. The Balaban J connectivity index is 1.55. The predicted molar refractivity (Wildman–Crippen MR) is 166 cm³/mol. The number of halogens is 3. The first-order chi connectivity index (χ1) is 19.7. The van der Waals surface area contributed by atoms with Gasteiger partial charge in [-0.2, -0.15) is 0 Å². The zero-order chi connectivity index (χ0) is 29.4. The van der Waals surface area contributed by atoms with Gasteiger partial charge in [0.1, 0.15) is 5.50 Å². The first-order valence-electron chi connectivity index (χ1n) is 13.4. The topological polar surface area (TPSA) is 93.8 Å². The van der Waals surface area contributed by atoms with Gasteiger partial charge in [-0.1, -0.05) is 53.0 Å². The van der Waals surface area contributed by atoms with E-state index in [0.29, 0.717) is 66.0 Å². The summed E-state index contributed by atoms with van der Waals surface area (Å²) in [4.78, 5) is 42.6. The highest BCUT2D eigenvalue weighted by molar-refractivity contribution is 6.31. The van der Waals surface area contributed by atoms with Gasteiger partial charge >= 0.3 is 6.03 Å². The van der Waals surface area contributed by atoms with Crippen LogP contribution in [-0.4, -0.2) is 61.0 Å². The van der Waals surface area contributed by atoms with Gasteiger partial charge < -0.3 is 25.8 Å². The van der Waals surface area contributed by atoms with Gasteiger partial charge in [0.2, 0.25) is 0 Å². The number of hydrogen-bond donors (Lipinski definition) is 3. The summed E-state index contributed by atoms with van der Waals surface area (Å²) in [5, 5.41) is 9.69. The molecule has 1 fully saturated rings. The van der Waals surface area contributed by atoms with Crippen LogP contribution in [0.5, 0.6) is 0 Å². The summed E-state index contributed by atoms with van der Waals surface area (Å²) in [5.74, 6) is -0.731. The molecule has 41 heavy (non-hydrogen) atoms. The van der Waals surface area contributed by atoms with E-state index in [2.05, 4.69) is 20.9 Å². The highest BCUT2D eigenvalue weighted by Gasteiger charge is 2.23. The molecule has 0 spiro atoms. The Kier molecular flexibility index (Phi) is 10.7. The summed E-state index contributed by atoms with van der Waals surface area (Å²) in [6.45, 7) is 4.83. The molecule has 0 aliphatic carbocycles. The van der Waals surface area contributed by atoms with E-state index in [1.54, 1.807) is 53.4 Å². The second-order valence-corrected chi connectivity index (χ2v) is 11.0. The molecular weight excluding hydrogens is 585 g/mol. The smallest absolute Gasteiger partial charge is 0.317 e. The van der Waals surface area contributed by atoms with Crippen molar-refractivity contribution in [3.63, 3.8) is 0 Å². The maximum atomic E-state index is 13.2. The molecule has 1 aliphatic rings. The zero-order valence-corrected chi connectivity index (χ0v) is 24.9. The predicted octanol–water partition coefficient (Wildman–Crippen LogP) is 6.02.